The molecule has 8 atom stereocenters. The zero-order valence-electron chi connectivity index (χ0n) is 24.0. The maximum atomic E-state index is 14.0. The number of aliphatic hydroxyl groups is 12. The van der Waals surface area contributed by atoms with E-state index in [1.165, 1.54) is 0 Å². The van der Waals surface area contributed by atoms with Gasteiger partial charge in [-0.05, 0) is 25.7 Å². The summed E-state index contributed by atoms with van der Waals surface area (Å²) >= 11 is 0. The van der Waals surface area contributed by atoms with Crippen molar-refractivity contribution < 1.29 is 75.7 Å². The van der Waals surface area contributed by atoms with Crippen LogP contribution in [0, 0.1) is 0 Å². The molecule has 0 spiro atoms. The molecule has 4 saturated carbocycles. The zero-order chi connectivity index (χ0) is 32.9. The van der Waals surface area contributed by atoms with Crippen LogP contribution in [0.4, 0.5) is 0 Å². The average molecular weight is 637 g/mol. The summed E-state index contributed by atoms with van der Waals surface area (Å²) in [7, 11) is 0. The Morgan fingerprint density at radius 3 is 1.25 bits per heavy atom. The molecule has 252 valence electrons. The molecule has 0 aliphatic heterocycles. The minimum Gasteiger partial charge on any atom is -0.390 e. The fourth-order valence-corrected chi connectivity index (χ4v) is 7.08. The minimum absolute atomic E-state index is 0.0887. The number of aliphatic hydroxyl groups excluding tert-OH is 9. The van der Waals surface area contributed by atoms with Crippen molar-refractivity contribution in [3.05, 3.63) is 0 Å². The first-order valence-electron chi connectivity index (χ1n) is 14.8. The van der Waals surface area contributed by atoms with Gasteiger partial charge in [0.1, 0.15) is 35.1 Å². The van der Waals surface area contributed by atoms with Crippen LogP contribution in [-0.4, -0.2) is 168 Å². The quantitative estimate of drug-likeness (QED) is 0.125. The Morgan fingerprint density at radius 2 is 0.886 bits per heavy atom. The van der Waals surface area contributed by atoms with Crippen molar-refractivity contribution in [2.75, 3.05) is 0 Å². The van der Waals surface area contributed by atoms with Crippen LogP contribution in [0.5, 0.6) is 0 Å². The van der Waals surface area contributed by atoms with Gasteiger partial charge in [-0.15, -0.1) is 0 Å². The lowest BCUT2D eigenvalue weighted by atomic mass is 9.75. The maximum Gasteiger partial charge on any atom is 0.261 e. The number of amides is 3. The Balaban J connectivity index is 1.61. The van der Waals surface area contributed by atoms with E-state index >= 15 is 0 Å². The van der Waals surface area contributed by atoms with Crippen LogP contribution in [0.3, 0.4) is 0 Å². The minimum atomic E-state index is -2.60. The molecule has 3 amide bonds. The summed E-state index contributed by atoms with van der Waals surface area (Å²) < 4.78 is 0. The Bertz CT molecular complexity index is 1010. The van der Waals surface area contributed by atoms with E-state index in [1.54, 1.807) is 0 Å². The van der Waals surface area contributed by atoms with Gasteiger partial charge in [0.05, 0.1) is 36.6 Å². The zero-order valence-corrected chi connectivity index (χ0v) is 24.0. The van der Waals surface area contributed by atoms with Crippen molar-refractivity contribution in [2.24, 2.45) is 0 Å². The number of hydrogen-bond acceptors (Lipinski definition) is 15. The first-order chi connectivity index (χ1) is 20.3. The third-order valence-corrected chi connectivity index (χ3v) is 9.65. The summed E-state index contributed by atoms with van der Waals surface area (Å²) in [5.41, 5.74) is -7.46. The molecule has 13 N–H and O–H groups in total. The van der Waals surface area contributed by atoms with Gasteiger partial charge >= 0.3 is 0 Å². The van der Waals surface area contributed by atoms with Crippen LogP contribution in [0.2, 0.25) is 0 Å². The number of carbonyl (C=O) groups is 3. The van der Waals surface area contributed by atoms with Gasteiger partial charge in [-0.1, -0.05) is 0 Å². The van der Waals surface area contributed by atoms with E-state index in [-0.39, 0.29) is 25.7 Å². The van der Waals surface area contributed by atoms with Gasteiger partial charge in [0.15, 0.2) is 0 Å². The first-order valence-corrected chi connectivity index (χ1v) is 14.8. The Kier molecular flexibility index (Phi) is 10.1. The summed E-state index contributed by atoms with van der Waals surface area (Å²) in [4.78, 5) is 41.5. The van der Waals surface area contributed by atoms with E-state index in [4.69, 9.17) is 0 Å². The highest BCUT2D eigenvalue weighted by Gasteiger charge is 2.57. The molecule has 4 aliphatic carbocycles. The number of hydrogen-bond donors (Lipinski definition) is 13. The summed E-state index contributed by atoms with van der Waals surface area (Å²) in [6.45, 7) is 0. The predicted octanol–water partition coefficient (Wildman–Crippen LogP) is -6.41. The van der Waals surface area contributed by atoms with Crippen LogP contribution < -0.4 is 5.32 Å². The molecule has 0 radical (unpaired) electrons. The van der Waals surface area contributed by atoms with Gasteiger partial charge in [-0.3, -0.25) is 19.3 Å². The second-order valence-electron chi connectivity index (χ2n) is 13.2. The van der Waals surface area contributed by atoms with Gasteiger partial charge in [0.2, 0.25) is 0 Å². The van der Waals surface area contributed by atoms with E-state index in [9.17, 15) is 75.7 Å². The Hall–Kier alpha value is -1.87. The summed E-state index contributed by atoms with van der Waals surface area (Å²) in [6.07, 6.45) is -19.1. The molecular formula is C27H44N2O15. The highest BCUT2D eigenvalue weighted by Crippen LogP contribution is 2.38. The largest absolute Gasteiger partial charge is 0.390 e. The summed E-state index contributed by atoms with van der Waals surface area (Å²) in [5, 5.41) is 127. The molecule has 17 heteroatoms. The van der Waals surface area contributed by atoms with E-state index in [2.05, 4.69) is 5.32 Å². The third kappa shape index (κ3) is 6.65. The summed E-state index contributed by atoms with van der Waals surface area (Å²) in [5.74, 6) is -3.69. The van der Waals surface area contributed by atoms with Crippen molar-refractivity contribution in [1.82, 2.24) is 10.2 Å². The number of imide groups is 1. The fourth-order valence-electron chi connectivity index (χ4n) is 7.08. The molecule has 17 nitrogen and oxygen atoms in total. The molecule has 0 aromatic rings. The lowest BCUT2D eigenvalue weighted by molar-refractivity contribution is -0.198. The van der Waals surface area contributed by atoms with Gasteiger partial charge in [-0.2, -0.15) is 0 Å². The monoisotopic (exact) mass is 636 g/mol. The number of carbonyl (C=O) groups excluding carboxylic acids is 3. The van der Waals surface area contributed by atoms with Gasteiger partial charge in [0.25, 0.3) is 17.7 Å². The number of rotatable bonds is 5. The molecule has 2 unspecified atom stereocenters. The predicted molar refractivity (Wildman–Crippen MR) is 143 cm³/mol. The van der Waals surface area contributed by atoms with Crippen LogP contribution >= 0.6 is 0 Å². The second-order valence-corrected chi connectivity index (χ2v) is 13.2. The molecule has 44 heavy (non-hydrogen) atoms. The molecule has 0 aromatic heterocycles. The van der Waals surface area contributed by atoms with E-state index in [0.717, 1.165) is 0 Å². The van der Waals surface area contributed by atoms with Gasteiger partial charge in [-0.25, -0.2) is 0 Å². The van der Waals surface area contributed by atoms with E-state index in [0.29, 0.717) is 4.90 Å². The normalized spacial score (nSPS) is 48.3. The molecule has 4 fully saturated rings. The highest BCUT2D eigenvalue weighted by molar-refractivity contribution is 6.03. The number of nitrogens with one attached hydrogen (secondary N) is 1. The second kappa shape index (κ2) is 12.7. The molecular weight excluding hydrogens is 592 g/mol. The van der Waals surface area contributed by atoms with E-state index in [1.807, 2.05) is 0 Å². The fraction of sp³-hybridized carbons (Fsp3) is 0.889. The van der Waals surface area contributed by atoms with Crippen LogP contribution in [-0.2, 0) is 14.4 Å². The molecule has 4 rings (SSSR count). The van der Waals surface area contributed by atoms with Crippen molar-refractivity contribution in [3.8, 4) is 0 Å². The third-order valence-electron chi connectivity index (χ3n) is 9.65. The standard InChI is InChI=1S/C27H44N2O15/c30-13-5-25(42,6-14(31)19(13)36)22(39)28-11-2-1-3-12(4-11)29(23(40)26(43)7-15(32)20(37)16(33)8-26)24(41)27(44)9-17(34)21(38)18(35)10-27/h11-21,30-38,42-44H,1-10H2,(H,28,39)/t11?,12?,13-,14-,15-,16-,17-,18-,19?,20?,21?,25?,26?,27?/m1/s1. The highest BCUT2D eigenvalue weighted by atomic mass is 16.4. The van der Waals surface area contributed by atoms with Crippen LogP contribution in [0.15, 0.2) is 0 Å². The molecule has 0 bridgehead atoms. The smallest absolute Gasteiger partial charge is 0.261 e. The average Bonchev–Trinajstić information content (AvgIpc) is 2.93. The van der Waals surface area contributed by atoms with Crippen molar-refractivity contribution in [2.45, 2.75) is 148 Å². The van der Waals surface area contributed by atoms with Crippen molar-refractivity contribution in [1.29, 1.82) is 0 Å². The van der Waals surface area contributed by atoms with E-state index < -0.39 is 140 Å². The number of nitrogens with zero attached hydrogens (tertiary/aromatic N) is 1. The summed E-state index contributed by atoms with van der Waals surface area (Å²) in [6, 6.07) is -1.98. The SMILES string of the molecule is O=C(NC1CCCC(N(C(=O)C2(O)C[C@@H](O)C(O)[C@H](O)C2)C(=O)C2(O)C[C@@H](O)C(O)[C@H](O)C2)C1)C1(O)C[C@@H](O)C(O)[C@H](O)C1. The Labute approximate surface area is 252 Å². The van der Waals surface area contributed by atoms with Crippen molar-refractivity contribution >= 4 is 17.7 Å². The molecule has 0 heterocycles. The molecule has 4 aliphatic rings. The van der Waals surface area contributed by atoms with Crippen LogP contribution in [0.25, 0.3) is 0 Å². The molecule has 0 saturated heterocycles. The van der Waals surface area contributed by atoms with Crippen molar-refractivity contribution in [3.63, 3.8) is 0 Å². The molecule has 0 aromatic carbocycles. The first kappa shape index (κ1) is 35.0. The Morgan fingerprint density at radius 1 is 0.545 bits per heavy atom. The maximum absolute atomic E-state index is 14.0. The van der Waals surface area contributed by atoms with Crippen LogP contribution in [0.1, 0.15) is 64.2 Å². The lowest BCUT2D eigenvalue weighted by Gasteiger charge is -2.47. The topological polar surface area (TPSA) is 309 Å². The van der Waals surface area contributed by atoms with Gasteiger partial charge in [0, 0.05) is 50.6 Å². The lowest BCUT2D eigenvalue weighted by Crippen LogP contribution is -2.67. The van der Waals surface area contributed by atoms with Gasteiger partial charge < -0.3 is 66.6 Å².